The molecule has 0 radical (unpaired) electrons. The van der Waals surface area contributed by atoms with E-state index in [4.69, 9.17) is 5.73 Å². The van der Waals surface area contributed by atoms with E-state index in [1.54, 1.807) is 6.07 Å². The van der Waals surface area contributed by atoms with Gasteiger partial charge in [0, 0.05) is 23.2 Å². The molecule has 0 heterocycles. The van der Waals surface area contributed by atoms with Crippen molar-refractivity contribution in [3.8, 4) is 0 Å². The standard InChI is InChI=1S/C20H25N3O2S.ClH/c1-14-7-9-16(10-8-14)23-19(24)13-26-18-6-4-3-5-17(18)20(25)22-12-11-15(2)21;/h3-10,15H,11-13,21H2,1-2H3,(H,22,25)(H,23,24);1H. The van der Waals surface area contributed by atoms with E-state index in [0.29, 0.717) is 12.1 Å². The van der Waals surface area contributed by atoms with Crippen LogP contribution in [0, 0.1) is 6.92 Å². The Bertz CT molecular complexity index is 751. The van der Waals surface area contributed by atoms with Gasteiger partial charge in [-0.3, -0.25) is 9.59 Å². The summed E-state index contributed by atoms with van der Waals surface area (Å²) < 4.78 is 0. The number of nitrogens with two attached hydrogens (primary N) is 1. The molecule has 2 rings (SSSR count). The highest BCUT2D eigenvalue weighted by molar-refractivity contribution is 8.00. The average Bonchev–Trinajstić information content (AvgIpc) is 2.62. The van der Waals surface area contributed by atoms with E-state index in [9.17, 15) is 9.59 Å². The zero-order valence-electron chi connectivity index (χ0n) is 15.5. The van der Waals surface area contributed by atoms with Gasteiger partial charge in [-0.25, -0.2) is 0 Å². The first-order valence-electron chi connectivity index (χ1n) is 8.58. The van der Waals surface area contributed by atoms with Crippen molar-refractivity contribution in [2.45, 2.75) is 31.2 Å². The first-order chi connectivity index (χ1) is 12.5. The molecule has 2 aromatic rings. The SMILES string of the molecule is Cc1ccc(NC(=O)CSc2ccccc2C(=O)NCCC(C)N)cc1.Cl. The van der Waals surface area contributed by atoms with Crippen molar-refractivity contribution >= 4 is 41.7 Å². The largest absolute Gasteiger partial charge is 0.352 e. The number of hydrogen-bond donors (Lipinski definition) is 3. The Morgan fingerprint density at radius 2 is 1.78 bits per heavy atom. The number of benzene rings is 2. The summed E-state index contributed by atoms with van der Waals surface area (Å²) in [5.74, 6) is -0.0171. The monoisotopic (exact) mass is 407 g/mol. The fourth-order valence-corrected chi connectivity index (χ4v) is 3.12. The van der Waals surface area contributed by atoms with Gasteiger partial charge in [-0.15, -0.1) is 24.2 Å². The molecule has 2 amide bonds. The van der Waals surface area contributed by atoms with Crippen LogP contribution in [-0.2, 0) is 4.79 Å². The molecule has 0 aliphatic carbocycles. The number of hydrogen-bond acceptors (Lipinski definition) is 4. The van der Waals surface area contributed by atoms with E-state index in [-0.39, 0.29) is 36.0 Å². The van der Waals surface area contributed by atoms with E-state index in [0.717, 1.165) is 22.6 Å². The second-order valence-corrected chi connectivity index (χ2v) is 7.24. The van der Waals surface area contributed by atoms with E-state index in [2.05, 4.69) is 10.6 Å². The maximum absolute atomic E-state index is 12.3. The lowest BCUT2D eigenvalue weighted by Crippen LogP contribution is -2.29. The summed E-state index contributed by atoms with van der Waals surface area (Å²) in [6.45, 7) is 4.43. The van der Waals surface area contributed by atoms with Crippen LogP contribution in [0.1, 0.15) is 29.3 Å². The number of anilines is 1. The lowest BCUT2D eigenvalue weighted by atomic mass is 10.2. The first-order valence-corrected chi connectivity index (χ1v) is 9.56. The predicted molar refractivity (Wildman–Crippen MR) is 115 cm³/mol. The second kappa shape index (κ2) is 11.6. The lowest BCUT2D eigenvalue weighted by Gasteiger charge is -2.11. The van der Waals surface area contributed by atoms with Crippen molar-refractivity contribution in [3.63, 3.8) is 0 Å². The van der Waals surface area contributed by atoms with Crippen molar-refractivity contribution < 1.29 is 9.59 Å². The molecule has 5 nitrogen and oxygen atoms in total. The normalized spacial score (nSPS) is 11.2. The molecular weight excluding hydrogens is 382 g/mol. The number of aryl methyl sites for hydroxylation is 1. The number of rotatable bonds is 8. The summed E-state index contributed by atoms with van der Waals surface area (Å²) in [6.07, 6.45) is 0.722. The van der Waals surface area contributed by atoms with Crippen LogP contribution in [0.4, 0.5) is 5.69 Å². The van der Waals surface area contributed by atoms with Crippen molar-refractivity contribution in [2.75, 3.05) is 17.6 Å². The first kappa shape index (κ1) is 23.0. The predicted octanol–water partition coefficient (Wildman–Crippen LogP) is 3.61. The van der Waals surface area contributed by atoms with Crippen LogP contribution in [0.15, 0.2) is 53.4 Å². The van der Waals surface area contributed by atoms with E-state index in [1.807, 2.05) is 56.3 Å². The minimum absolute atomic E-state index is 0. The molecule has 1 atom stereocenters. The van der Waals surface area contributed by atoms with Crippen LogP contribution in [0.25, 0.3) is 0 Å². The maximum atomic E-state index is 12.3. The van der Waals surface area contributed by atoms with Crippen LogP contribution in [0.2, 0.25) is 0 Å². The van der Waals surface area contributed by atoms with Crippen molar-refractivity contribution in [2.24, 2.45) is 5.73 Å². The summed E-state index contributed by atoms with van der Waals surface area (Å²) in [6, 6.07) is 15.0. The van der Waals surface area contributed by atoms with Crippen molar-refractivity contribution in [3.05, 3.63) is 59.7 Å². The molecule has 0 spiro atoms. The third-order valence-corrected chi connectivity index (χ3v) is 4.78. The second-order valence-electron chi connectivity index (χ2n) is 6.22. The maximum Gasteiger partial charge on any atom is 0.252 e. The smallest absolute Gasteiger partial charge is 0.252 e. The zero-order valence-corrected chi connectivity index (χ0v) is 17.2. The quantitative estimate of drug-likeness (QED) is 0.583. The molecule has 0 aromatic heterocycles. The summed E-state index contributed by atoms with van der Waals surface area (Å²) in [7, 11) is 0. The molecule has 146 valence electrons. The fourth-order valence-electron chi connectivity index (χ4n) is 2.27. The third kappa shape index (κ3) is 8.03. The molecule has 27 heavy (non-hydrogen) atoms. The fraction of sp³-hybridized carbons (Fsp3) is 0.300. The van der Waals surface area contributed by atoms with Crippen LogP contribution in [0.5, 0.6) is 0 Å². The van der Waals surface area contributed by atoms with Crippen molar-refractivity contribution in [1.29, 1.82) is 0 Å². The Morgan fingerprint density at radius 1 is 1.11 bits per heavy atom. The Hall–Kier alpha value is -2.02. The van der Waals surface area contributed by atoms with E-state index >= 15 is 0 Å². The molecular formula is C20H26ClN3O2S. The molecule has 0 saturated carbocycles. The summed E-state index contributed by atoms with van der Waals surface area (Å²) in [5.41, 5.74) is 8.18. The number of carbonyl (C=O) groups excluding carboxylic acids is 2. The summed E-state index contributed by atoms with van der Waals surface area (Å²) in [5, 5.41) is 5.73. The Kier molecular flexibility index (Phi) is 9.93. The highest BCUT2D eigenvalue weighted by atomic mass is 35.5. The Labute approximate surface area is 170 Å². The van der Waals surface area contributed by atoms with Crippen LogP contribution < -0.4 is 16.4 Å². The van der Waals surface area contributed by atoms with Gasteiger partial charge < -0.3 is 16.4 Å². The molecule has 1 unspecified atom stereocenters. The van der Waals surface area contributed by atoms with Gasteiger partial charge in [0.2, 0.25) is 5.91 Å². The highest BCUT2D eigenvalue weighted by Gasteiger charge is 2.12. The number of nitrogens with one attached hydrogen (secondary N) is 2. The number of halogens is 1. The van der Waals surface area contributed by atoms with Crippen LogP contribution in [-0.4, -0.2) is 30.2 Å². The molecule has 0 aliphatic heterocycles. The average molecular weight is 408 g/mol. The highest BCUT2D eigenvalue weighted by Crippen LogP contribution is 2.23. The molecule has 4 N–H and O–H groups in total. The Morgan fingerprint density at radius 3 is 2.44 bits per heavy atom. The lowest BCUT2D eigenvalue weighted by molar-refractivity contribution is -0.113. The molecule has 0 fully saturated rings. The van der Waals surface area contributed by atoms with Gasteiger partial charge in [0.1, 0.15) is 0 Å². The summed E-state index contributed by atoms with van der Waals surface area (Å²) in [4.78, 5) is 25.3. The van der Waals surface area contributed by atoms with Gasteiger partial charge in [-0.2, -0.15) is 0 Å². The van der Waals surface area contributed by atoms with Gasteiger partial charge in [0.15, 0.2) is 0 Å². The number of thioether (sulfide) groups is 1. The molecule has 7 heteroatoms. The topological polar surface area (TPSA) is 84.2 Å². The molecule has 0 aliphatic rings. The minimum atomic E-state index is -0.146. The van der Waals surface area contributed by atoms with E-state index < -0.39 is 0 Å². The molecule has 0 bridgehead atoms. The van der Waals surface area contributed by atoms with Crippen LogP contribution in [0.3, 0.4) is 0 Å². The molecule has 2 aromatic carbocycles. The Balaban J connectivity index is 0.00000364. The number of carbonyl (C=O) groups is 2. The van der Waals surface area contributed by atoms with Gasteiger partial charge in [-0.1, -0.05) is 29.8 Å². The van der Waals surface area contributed by atoms with Crippen molar-refractivity contribution in [1.82, 2.24) is 5.32 Å². The molecule has 0 saturated heterocycles. The zero-order chi connectivity index (χ0) is 18.9. The minimum Gasteiger partial charge on any atom is -0.352 e. The number of amides is 2. The van der Waals surface area contributed by atoms with Gasteiger partial charge in [0.05, 0.1) is 11.3 Å². The van der Waals surface area contributed by atoms with Gasteiger partial charge in [0.25, 0.3) is 5.91 Å². The van der Waals surface area contributed by atoms with Gasteiger partial charge >= 0.3 is 0 Å². The third-order valence-electron chi connectivity index (χ3n) is 3.71. The van der Waals surface area contributed by atoms with Crippen LogP contribution >= 0.6 is 24.2 Å². The summed E-state index contributed by atoms with van der Waals surface area (Å²) >= 11 is 1.35. The van der Waals surface area contributed by atoms with E-state index in [1.165, 1.54) is 11.8 Å². The van der Waals surface area contributed by atoms with Gasteiger partial charge in [-0.05, 0) is 44.5 Å².